The van der Waals surface area contributed by atoms with Crippen molar-refractivity contribution in [2.24, 2.45) is 0 Å². The van der Waals surface area contributed by atoms with E-state index in [2.05, 4.69) is 28.8 Å². The molecule has 10 heteroatoms. The maximum Gasteiger partial charge on any atom is 0.268 e. The quantitative estimate of drug-likeness (QED) is 0.131. The lowest BCUT2D eigenvalue weighted by Gasteiger charge is -2.15. The molecule has 4 heterocycles. The Morgan fingerprint density at radius 1 is 0.292 bits per heavy atom. The highest BCUT2D eigenvalue weighted by Crippen LogP contribution is 2.41. The van der Waals surface area contributed by atoms with Gasteiger partial charge in [0, 0.05) is 44.2 Å². The number of carbonyl (C=O) groups excluding carboxylic acids is 2. The molecule has 72 heavy (non-hydrogen) atoms. The highest BCUT2D eigenvalue weighted by atomic mass is 16.2. The van der Waals surface area contributed by atoms with Gasteiger partial charge in [0.15, 0.2) is 34.9 Å². The summed E-state index contributed by atoms with van der Waals surface area (Å²) in [5.41, 5.74) is 10.1. The Bertz CT molecular complexity index is 3760. The third-order valence-electron chi connectivity index (χ3n) is 13.0. The molecule has 0 spiro atoms. The molecule has 338 valence electrons. The first-order valence-electron chi connectivity index (χ1n) is 23.5. The van der Waals surface area contributed by atoms with Crippen molar-refractivity contribution >= 4 is 39.3 Å². The monoisotopic (exact) mass is 926 g/mol. The molecule has 0 saturated heterocycles. The number of hydrogen-bond donors (Lipinski definition) is 0. The van der Waals surface area contributed by atoms with Gasteiger partial charge in [-0.15, -0.1) is 0 Å². The standard InChI is InChI=1S/C62H38N8O2/c71-61-50-27-16-28-51(54(50)62(72)69(61)47-33-29-40(30-34-47)39-17-6-1-7-18-39)70-52-37-45(59-65-55(41-19-8-2-9-20-41)63-56(66-59)42-21-10-3-11-22-42)31-35-48(52)49-36-32-46(38-53(49)70)60-67-57(43-23-12-4-13-24-43)64-58(68-60)44-25-14-5-15-26-44/h1-38H. The molecule has 0 N–H and O–H groups in total. The van der Waals surface area contributed by atoms with E-state index in [1.165, 1.54) is 4.90 Å². The third kappa shape index (κ3) is 7.38. The molecular weight excluding hydrogens is 889 g/mol. The van der Waals surface area contributed by atoms with Gasteiger partial charge in [-0.3, -0.25) is 9.59 Å². The summed E-state index contributed by atoms with van der Waals surface area (Å²) in [6.45, 7) is 0. The summed E-state index contributed by atoms with van der Waals surface area (Å²) in [5.74, 6) is 2.28. The average molecular weight is 927 g/mol. The predicted octanol–water partition coefficient (Wildman–Crippen LogP) is 13.6. The number of rotatable bonds is 9. The Balaban J connectivity index is 1.03. The minimum atomic E-state index is -0.421. The Labute approximate surface area is 413 Å². The van der Waals surface area contributed by atoms with Crippen molar-refractivity contribution in [2.75, 3.05) is 4.90 Å². The first-order valence-corrected chi connectivity index (χ1v) is 23.5. The minimum absolute atomic E-state index is 0.292. The lowest BCUT2D eigenvalue weighted by Crippen LogP contribution is -2.29. The minimum Gasteiger partial charge on any atom is -0.308 e. The third-order valence-corrected chi connectivity index (χ3v) is 13.0. The van der Waals surface area contributed by atoms with Gasteiger partial charge < -0.3 is 4.57 Å². The van der Waals surface area contributed by atoms with Gasteiger partial charge >= 0.3 is 0 Å². The Kier molecular flexibility index (Phi) is 10.2. The van der Waals surface area contributed by atoms with Gasteiger partial charge in [0.25, 0.3) is 11.8 Å². The molecule has 0 atom stereocenters. The van der Waals surface area contributed by atoms with Crippen LogP contribution in [-0.4, -0.2) is 46.3 Å². The Hall–Kier alpha value is -10.1. The molecule has 1 aliphatic rings. The maximum atomic E-state index is 15.1. The van der Waals surface area contributed by atoms with Gasteiger partial charge in [0.05, 0.1) is 33.5 Å². The largest absolute Gasteiger partial charge is 0.308 e. The van der Waals surface area contributed by atoms with Crippen molar-refractivity contribution in [1.29, 1.82) is 0 Å². The number of amides is 2. The number of anilines is 1. The number of nitrogens with zero attached hydrogens (tertiary/aromatic N) is 8. The predicted molar refractivity (Wildman–Crippen MR) is 283 cm³/mol. The fraction of sp³-hybridized carbons (Fsp3) is 0. The van der Waals surface area contributed by atoms with E-state index >= 15 is 4.79 Å². The molecule has 0 saturated carbocycles. The van der Waals surface area contributed by atoms with Gasteiger partial charge in [0.1, 0.15) is 0 Å². The summed E-state index contributed by atoms with van der Waals surface area (Å²) in [5, 5.41) is 1.82. The molecule has 9 aromatic carbocycles. The Morgan fingerprint density at radius 2 is 0.639 bits per heavy atom. The topological polar surface area (TPSA) is 120 Å². The van der Waals surface area contributed by atoms with Crippen LogP contribution in [0.5, 0.6) is 0 Å². The van der Waals surface area contributed by atoms with Crippen LogP contribution in [0.25, 0.3) is 107 Å². The van der Waals surface area contributed by atoms with Crippen LogP contribution in [0.2, 0.25) is 0 Å². The van der Waals surface area contributed by atoms with E-state index < -0.39 is 11.8 Å². The van der Waals surface area contributed by atoms with Crippen molar-refractivity contribution in [3.8, 4) is 85.1 Å². The fourth-order valence-corrected chi connectivity index (χ4v) is 9.55. The number of carbonyl (C=O) groups is 2. The summed E-state index contributed by atoms with van der Waals surface area (Å²) >= 11 is 0. The summed E-state index contributed by atoms with van der Waals surface area (Å²) in [6.07, 6.45) is 0. The zero-order valence-corrected chi connectivity index (χ0v) is 38.3. The first kappa shape index (κ1) is 42.1. The molecule has 0 bridgehead atoms. The van der Waals surface area contributed by atoms with Gasteiger partial charge in [-0.25, -0.2) is 34.8 Å². The second kappa shape index (κ2) is 17.5. The zero-order valence-electron chi connectivity index (χ0n) is 38.3. The van der Waals surface area contributed by atoms with Crippen LogP contribution in [0.15, 0.2) is 231 Å². The first-order chi connectivity index (χ1) is 35.5. The molecule has 3 aromatic heterocycles. The second-order valence-electron chi connectivity index (χ2n) is 17.4. The summed E-state index contributed by atoms with van der Waals surface area (Å²) < 4.78 is 2.07. The van der Waals surface area contributed by atoms with E-state index in [-0.39, 0.29) is 0 Å². The lowest BCUT2D eigenvalue weighted by molar-refractivity contribution is 0.0926. The van der Waals surface area contributed by atoms with Crippen molar-refractivity contribution in [2.45, 2.75) is 0 Å². The molecular formula is C62H38N8O2. The van der Waals surface area contributed by atoms with Gasteiger partial charge in [-0.2, -0.15) is 0 Å². The second-order valence-corrected chi connectivity index (χ2v) is 17.4. The molecule has 10 nitrogen and oxygen atoms in total. The van der Waals surface area contributed by atoms with E-state index in [4.69, 9.17) is 29.9 Å². The number of aromatic nitrogens is 7. The average Bonchev–Trinajstić information content (AvgIpc) is 3.92. The molecule has 0 radical (unpaired) electrons. The Morgan fingerprint density at radius 3 is 1.04 bits per heavy atom. The highest BCUT2D eigenvalue weighted by Gasteiger charge is 2.39. The number of hydrogen-bond acceptors (Lipinski definition) is 8. The van der Waals surface area contributed by atoms with E-state index in [0.717, 1.165) is 66.3 Å². The van der Waals surface area contributed by atoms with E-state index in [9.17, 15) is 4.79 Å². The van der Waals surface area contributed by atoms with Crippen molar-refractivity contribution in [1.82, 2.24) is 34.5 Å². The fourth-order valence-electron chi connectivity index (χ4n) is 9.55. The van der Waals surface area contributed by atoms with E-state index in [1.807, 2.05) is 200 Å². The molecule has 1 aliphatic heterocycles. The molecule has 0 unspecified atom stereocenters. The molecule has 0 aliphatic carbocycles. The molecule has 2 amide bonds. The van der Waals surface area contributed by atoms with Gasteiger partial charge in [-0.1, -0.05) is 194 Å². The SMILES string of the molecule is O=C1c2cccc(-n3c4cc(-c5nc(-c6ccccc6)nc(-c6ccccc6)n5)ccc4c4ccc(-c5nc(-c6ccccc6)nc(-c6ccccc6)n5)cc43)c2C(=O)N1c1ccc(-c2ccccc2)cc1. The number of benzene rings is 9. The van der Waals surface area contributed by atoms with Crippen molar-refractivity contribution < 1.29 is 9.59 Å². The molecule has 12 aromatic rings. The van der Waals surface area contributed by atoms with Gasteiger partial charge in [0.2, 0.25) is 0 Å². The van der Waals surface area contributed by atoms with Gasteiger partial charge in [-0.05, 0) is 47.5 Å². The molecule has 0 fully saturated rings. The van der Waals surface area contributed by atoms with Crippen LogP contribution in [0.3, 0.4) is 0 Å². The maximum absolute atomic E-state index is 15.1. The normalized spacial score (nSPS) is 12.2. The van der Waals surface area contributed by atoms with E-state index in [0.29, 0.717) is 57.4 Å². The summed E-state index contributed by atoms with van der Waals surface area (Å²) in [7, 11) is 0. The van der Waals surface area contributed by atoms with Crippen molar-refractivity contribution in [3.05, 3.63) is 242 Å². The van der Waals surface area contributed by atoms with Crippen LogP contribution >= 0.6 is 0 Å². The number of imide groups is 1. The highest BCUT2D eigenvalue weighted by molar-refractivity contribution is 6.36. The van der Waals surface area contributed by atoms with Crippen LogP contribution in [0, 0.1) is 0 Å². The van der Waals surface area contributed by atoms with Crippen LogP contribution < -0.4 is 4.90 Å². The number of fused-ring (bicyclic) bond motifs is 4. The van der Waals surface area contributed by atoms with Crippen LogP contribution in [-0.2, 0) is 0 Å². The van der Waals surface area contributed by atoms with Crippen molar-refractivity contribution in [3.63, 3.8) is 0 Å². The van der Waals surface area contributed by atoms with Crippen LogP contribution in [0.1, 0.15) is 20.7 Å². The zero-order chi connectivity index (χ0) is 48.1. The molecule has 13 rings (SSSR count). The summed E-state index contributed by atoms with van der Waals surface area (Å²) in [4.78, 5) is 61.0. The van der Waals surface area contributed by atoms with E-state index in [1.54, 1.807) is 6.07 Å². The smallest absolute Gasteiger partial charge is 0.268 e. The van der Waals surface area contributed by atoms with Crippen LogP contribution in [0.4, 0.5) is 5.69 Å². The lowest BCUT2D eigenvalue weighted by atomic mass is 10.1. The summed E-state index contributed by atoms with van der Waals surface area (Å²) in [6, 6.07) is 74.7.